The van der Waals surface area contributed by atoms with E-state index in [1.807, 2.05) is 5.43 Å². The minimum absolute atomic E-state index is 0.457. The largest absolute Gasteiger partial charge is 0.419 e. The molecular formula is C9H13F3N4O. The van der Waals surface area contributed by atoms with Crippen LogP contribution in [0.4, 0.5) is 13.2 Å². The van der Waals surface area contributed by atoms with Crippen LogP contribution >= 0.6 is 0 Å². The topological polar surface area (TPSA) is 72.9 Å². The van der Waals surface area contributed by atoms with Crippen LogP contribution in [0.5, 0.6) is 0 Å². The zero-order valence-electron chi connectivity index (χ0n) is 9.32. The molecule has 0 fully saturated rings. The lowest BCUT2D eigenvalue weighted by atomic mass is 10.0. The second kappa shape index (κ2) is 4.74. The minimum Gasteiger partial charge on any atom is -0.294 e. The van der Waals surface area contributed by atoms with Gasteiger partial charge in [0.2, 0.25) is 5.91 Å². The number of hydrogen-bond acceptors (Lipinski definition) is 3. The number of alkyl halides is 3. The fraction of sp³-hybridized carbons (Fsp3) is 0.556. The van der Waals surface area contributed by atoms with Crippen molar-refractivity contribution in [2.75, 3.05) is 0 Å². The van der Waals surface area contributed by atoms with Crippen molar-refractivity contribution < 1.29 is 18.0 Å². The van der Waals surface area contributed by atoms with Gasteiger partial charge < -0.3 is 0 Å². The molecular weight excluding hydrogens is 237 g/mol. The maximum atomic E-state index is 12.3. The summed E-state index contributed by atoms with van der Waals surface area (Å²) in [6, 6.07) is -0.519. The number of carbonyl (C=O) groups is 1. The van der Waals surface area contributed by atoms with E-state index in [0.29, 0.717) is 0 Å². The number of nitrogens with zero attached hydrogens (tertiary/aromatic N) is 2. The molecule has 0 aromatic carbocycles. The van der Waals surface area contributed by atoms with Crippen LogP contribution in [0.1, 0.15) is 25.5 Å². The molecule has 1 aromatic rings. The molecule has 1 heterocycles. The monoisotopic (exact) mass is 250 g/mol. The highest BCUT2D eigenvalue weighted by Crippen LogP contribution is 2.29. The lowest BCUT2D eigenvalue weighted by Gasteiger charge is -2.18. The molecule has 0 spiro atoms. The zero-order valence-corrected chi connectivity index (χ0v) is 9.32. The van der Waals surface area contributed by atoms with Crippen LogP contribution in [0.2, 0.25) is 0 Å². The van der Waals surface area contributed by atoms with Gasteiger partial charge in [-0.05, 0) is 6.92 Å². The molecule has 17 heavy (non-hydrogen) atoms. The summed E-state index contributed by atoms with van der Waals surface area (Å²) in [6.07, 6.45) is -2.84. The van der Waals surface area contributed by atoms with Crippen molar-refractivity contribution in [3.63, 3.8) is 0 Å². The average Bonchev–Trinajstić information content (AvgIpc) is 2.74. The highest BCUT2D eigenvalue weighted by molar-refractivity contribution is 5.78. The first-order valence-corrected chi connectivity index (χ1v) is 4.89. The maximum Gasteiger partial charge on any atom is 0.419 e. The summed E-state index contributed by atoms with van der Waals surface area (Å²) in [4.78, 5) is 11.2. The van der Waals surface area contributed by atoms with Crippen LogP contribution < -0.4 is 11.3 Å². The number of carbonyl (C=O) groups excluding carboxylic acids is 1. The summed E-state index contributed by atoms with van der Waals surface area (Å²) in [6.45, 7) is 3.15. The first kappa shape index (κ1) is 13.5. The molecule has 96 valence electrons. The summed E-state index contributed by atoms with van der Waals surface area (Å²) in [5, 5.41) is 3.60. The summed E-state index contributed by atoms with van der Waals surface area (Å²) in [5.74, 6) is 3.91. The van der Waals surface area contributed by atoms with Gasteiger partial charge in [-0.15, -0.1) is 0 Å². The molecule has 1 rings (SSSR count). The minimum atomic E-state index is -4.43. The molecule has 1 amide bonds. The fourth-order valence-corrected chi connectivity index (χ4v) is 1.29. The molecule has 2 atom stereocenters. The molecule has 5 nitrogen and oxygen atoms in total. The molecule has 2 unspecified atom stereocenters. The van der Waals surface area contributed by atoms with Crippen LogP contribution in [0.25, 0.3) is 0 Å². The van der Waals surface area contributed by atoms with Gasteiger partial charge >= 0.3 is 6.18 Å². The normalized spacial score (nSPS) is 15.4. The molecule has 0 bridgehead atoms. The van der Waals surface area contributed by atoms with Gasteiger partial charge in [0.1, 0.15) is 0 Å². The Labute approximate surface area is 95.7 Å². The van der Waals surface area contributed by atoms with Gasteiger partial charge in [-0.2, -0.15) is 18.3 Å². The Balaban J connectivity index is 2.87. The number of halogens is 3. The van der Waals surface area contributed by atoms with Gasteiger partial charge in [0.15, 0.2) is 0 Å². The smallest absolute Gasteiger partial charge is 0.294 e. The lowest BCUT2D eigenvalue weighted by Crippen LogP contribution is -2.37. The molecule has 1 aromatic heterocycles. The molecule has 0 aliphatic rings. The summed E-state index contributed by atoms with van der Waals surface area (Å²) in [7, 11) is 0. The van der Waals surface area contributed by atoms with Crippen molar-refractivity contribution in [3.05, 3.63) is 18.0 Å². The SMILES string of the molecule is CC(C(=O)NN)C(C)n1cc(C(F)(F)F)cn1. The molecule has 3 N–H and O–H groups in total. The Bertz CT molecular complexity index is 401. The number of hydrazine groups is 1. The van der Waals surface area contributed by atoms with Gasteiger partial charge in [-0.3, -0.25) is 14.9 Å². The molecule has 8 heteroatoms. The number of rotatable bonds is 3. The molecule has 0 aliphatic heterocycles. The Kier molecular flexibility index (Phi) is 3.76. The van der Waals surface area contributed by atoms with E-state index < -0.39 is 29.6 Å². The Morgan fingerprint density at radius 3 is 2.53 bits per heavy atom. The predicted octanol–water partition coefficient (Wildman–Crippen LogP) is 1.09. The van der Waals surface area contributed by atoms with E-state index in [4.69, 9.17) is 5.84 Å². The molecule has 0 radical (unpaired) electrons. The van der Waals surface area contributed by atoms with Crippen molar-refractivity contribution in [3.8, 4) is 0 Å². The molecule has 0 saturated heterocycles. The van der Waals surface area contributed by atoms with Crippen LogP contribution in [0.15, 0.2) is 12.4 Å². The number of hydrogen-bond donors (Lipinski definition) is 2. The van der Waals surface area contributed by atoms with E-state index in [2.05, 4.69) is 5.10 Å². The molecule has 0 saturated carbocycles. The maximum absolute atomic E-state index is 12.3. The quantitative estimate of drug-likeness (QED) is 0.479. The number of aromatic nitrogens is 2. The van der Waals surface area contributed by atoms with Gasteiger partial charge in [0, 0.05) is 6.20 Å². The number of amides is 1. The van der Waals surface area contributed by atoms with E-state index in [1.165, 1.54) is 0 Å². The van der Waals surface area contributed by atoms with Gasteiger partial charge in [-0.25, -0.2) is 5.84 Å². The van der Waals surface area contributed by atoms with Crippen molar-refractivity contribution in [2.24, 2.45) is 11.8 Å². The van der Waals surface area contributed by atoms with Gasteiger partial charge in [-0.1, -0.05) is 6.92 Å². The van der Waals surface area contributed by atoms with Crippen LogP contribution in [-0.2, 0) is 11.0 Å². The lowest BCUT2D eigenvalue weighted by molar-refractivity contribution is -0.137. The van der Waals surface area contributed by atoms with Crippen molar-refractivity contribution in [1.29, 1.82) is 0 Å². The third-order valence-electron chi connectivity index (χ3n) is 2.63. The second-order valence-electron chi connectivity index (χ2n) is 3.74. The summed E-state index contributed by atoms with van der Waals surface area (Å²) in [5.41, 5.74) is 1.11. The standard InChI is InChI=1S/C9H13F3N4O/c1-5(8(17)15-13)6(2)16-4-7(3-14-16)9(10,11)12/h3-6H,13H2,1-2H3,(H,15,17). The zero-order chi connectivity index (χ0) is 13.2. The summed E-state index contributed by atoms with van der Waals surface area (Å²) < 4.78 is 38.1. The Morgan fingerprint density at radius 1 is 1.53 bits per heavy atom. The molecule has 0 aliphatic carbocycles. The predicted molar refractivity (Wildman–Crippen MR) is 53.4 cm³/mol. The fourth-order valence-electron chi connectivity index (χ4n) is 1.29. The number of nitrogens with one attached hydrogen (secondary N) is 1. The van der Waals surface area contributed by atoms with Crippen LogP contribution in [-0.4, -0.2) is 15.7 Å². The van der Waals surface area contributed by atoms with Crippen molar-refractivity contribution in [1.82, 2.24) is 15.2 Å². The van der Waals surface area contributed by atoms with E-state index in [1.54, 1.807) is 13.8 Å². The Hall–Kier alpha value is -1.57. The second-order valence-corrected chi connectivity index (χ2v) is 3.74. The highest BCUT2D eigenvalue weighted by Gasteiger charge is 2.33. The highest BCUT2D eigenvalue weighted by atomic mass is 19.4. The first-order valence-electron chi connectivity index (χ1n) is 4.89. The first-order chi connectivity index (χ1) is 7.77. The van der Waals surface area contributed by atoms with Crippen LogP contribution in [0, 0.1) is 5.92 Å². The van der Waals surface area contributed by atoms with E-state index in [0.717, 1.165) is 17.1 Å². The van der Waals surface area contributed by atoms with E-state index in [9.17, 15) is 18.0 Å². The Morgan fingerprint density at radius 2 is 2.12 bits per heavy atom. The van der Waals surface area contributed by atoms with Gasteiger partial charge in [0.05, 0.1) is 23.7 Å². The number of nitrogens with two attached hydrogens (primary N) is 1. The summed E-state index contributed by atoms with van der Waals surface area (Å²) >= 11 is 0. The van der Waals surface area contributed by atoms with Crippen LogP contribution in [0.3, 0.4) is 0 Å². The van der Waals surface area contributed by atoms with Gasteiger partial charge in [0.25, 0.3) is 0 Å². The van der Waals surface area contributed by atoms with E-state index >= 15 is 0 Å². The third kappa shape index (κ3) is 2.96. The van der Waals surface area contributed by atoms with E-state index in [-0.39, 0.29) is 0 Å². The average molecular weight is 250 g/mol. The third-order valence-corrected chi connectivity index (χ3v) is 2.63. The van der Waals surface area contributed by atoms with Crippen molar-refractivity contribution in [2.45, 2.75) is 26.1 Å². The van der Waals surface area contributed by atoms with Crippen molar-refractivity contribution >= 4 is 5.91 Å².